The minimum Gasteiger partial charge on any atom is -0.461 e. The molecule has 0 saturated carbocycles. The number of aromatic nitrogens is 2. The average Bonchev–Trinajstić information content (AvgIpc) is 3.23. The van der Waals surface area contributed by atoms with Gasteiger partial charge in [-0.3, -0.25) is 4.90 Å². The number of halogens is 5. The highest BCUT2D eigenvalue weighted by molar-refractivity contribution is 9.10. The van der Waals surface area contributed by atoms with E-state index in [2.05, 4.69) is 30.8 Å². The lowest BCUT2D eigenvalue weighted by Gasteiger charge is -2.37. The molecule has 3 atom stereocenters. The fourth-order valence-electron chi connectivity index (χ4n) is 5.36. The van der Waals surface area contributed by atoms with Gasteiger partial charge < -0.3 is 15.4 Å². The van der Waals surface area contributed by atoms with Crippen LogP contribution in [0.3, 0.4) is 0 Å². The Kier molecular flexibility index (Phi) is 5.49. The van der Waals surface area contributed by atoms with Crippen molar-refractivity contribution in [1.82, 2.24) is 14.9 Å². The third-order valence-electron chi connectivity index (χ3n) is 6.69. The molecule has 0 aliphatic carbocycles. The van der Waals surface area contributed by atoms with Crippen LogP contribution < -0.4 is 15.4 Å². The smallest absolute Gasteiger partial charge is 0.319 e. The summed E-state index contributed by atoms with van der Waals surface area (Å²) in [7, 11) is 0. The van der Waals surface area contributed by atoms with Crippen LogP contribution in [0.2, 0.25) is 0 Å². The number of nitrogens with two attached hydrogens (primary N) is 1. The van der Waals surface area contributed by atoms with Gasteiger partial charge in [-0.05, 0) is 47.4 Å². The van der Waals surface area contributed by atoms with Crippen LogP contribution in [-0.2, 0) is 0 Å². The molecule has 0 bridgehead atoms. The third kappa shape index (κ3) is 3.92. The molecule has 0 spiro atoms. The molecule has 0 unspecified atom stereocenters. The first-order chi connectivity index (χ1) is 15.2. The van der Waals surface area contributed by atoms with Crippen molar-refractivity contribution >= 4 is 32.7 Å². The van der Waals surface area contributed by atoms with Gasteiger partial charge in [0.1, 0.15) is 24.1 Å². The zero-order valence-electron chi connectivity index (χ0n) is 17.3. The summed E-state index contributed by atoms with van der Waals surface area (Å²) in [5.41, 5.74) is 5.40. The van der Waals surface area contributed by atoms with Gasteiger partial charge in [-0.25, -0.2) is 17.6 Å². The number of fused-ring (bicyclic) bond motifs is 2. The molecule has 3 aliphatic heterocycles. The molecular weight excluding hydrogens is 494 g/mol. The SMILES string of the molecule is N[C@H]1CN(c2nc(OC[C@@]34CCCN3C[C@H](F)C4)nc3c(F)c(Br)ccc23)CC(F)(F)C1. The highest BCUT2D eigenvalue weighted by Crippen LogP contribution is 2.41. The van der Waals surface area contributed by atoms with Gasteiger partial charge in [-0.2, -0.15) is 9.97 Å². The van der Waals surface area contributed by atoms with E-state index in [1.807, 2.05) is 0 Å². The minimum absolute atomic E-state index is 0.0302. The molecule has 1 aromatic carbocycles. The molecule has 174 valence electrons. The van der Waals surface area contributed by atoms with E-state index in [9.17, 15) is 17.6 Å². The quantitative estimate of drug-likeness (QED) is 0.624. The lowest BCUT2D eigenvalue weighted by atomic mass is 9.95. The maximum atomic E-state index is 14.9. The van der Waals surface area contributed by atoms with Crippen LogP contribution in [0.5, 0.6) is 6.01 Å². The fraction of sp³-hybridized carbons (Fsp3) is 0.619. The Hall–Kier alpha value is -1.72. The second-order valence-electron chi connectivity index (χ2n) is 9.15. The maximum Gasteiger partial charge on any atom is 0.319 e. The zero-order chi connectivity index (χ0) is 22.7. The van der Waals surface area contributed by atoms with Gasteiger partial charge in [0.05, 0.1) is 16.6 Å². The van der Waals surface area contributed by atoms with E-state index in [0.29, 0.717) is 18.4 Å². The molecule has 1 aromatic heterocycles. The number of hydrogen-bond donors (Lipinski definition) is 1. The van der Waals surface area contributed by atoms with Gasteiger partial charge in [0.15, 0.2) is 5.82 Å². The van der Waals surface area contributed by atoms with Crippen LogP contribution in [0.4, 0.5) is 23.4 Å². The first-order valence-electron chi connectivity index (χ1n) is 10.7. The molecule has 3 fully saturated rings. The van der Waals surface area contributed by atoms with Crippen LogP contribution >= 0.6 is 15.9 Å². The number of nitrogens with zero attached hydrogens (tertiary/aromatic N) is 4. The van der Waals surface area contributed by atoms with E-state index >= 15 is 0 Å². The van der Waals surface area contributed by atoms with Crippen molar-refractivity contribution in [3.8, 4) is 6.01 Å². The van der Waals surface area contributed by atoms with Gasteiger partial charge in [-0.1, -0.05) is 0 Å². The van der Waals surface area contributed by atoms with E-state index in [1.54, 1.807) is 6.07 Å². The predicted molar refractivity (Wildman–Crippen MR) is 115 cm³/mol. The Morgan fingerprint density at radius 2 is 2.03 bits per heavy atom. The monoisotopic (exact) mass is 517 g/mol. The van der Waals surface area contributed by atoms with E-state index in [0.717, 1.165) is 19.4 Å². The number of hydrogen-bond acceptors (Lipinski definition) is 6. The summed E-state index contributed by atoms with van der Waals surface area (Å²) in [6.45, 7) is 0.903. The first kappa shape index (κ1) is 22.1. The molecule has 3 saturated heterocycles. The molecule has 11 heteroatoms. The van der Waals surface area contributed by atoms with E-state index in [-0.39, 0.29) is 35.0 Å². The average molecular weight is 518 g/mol. The lowest BCUT2D eigenvalue weighted by molar-refractivity contribution is -0.0173. The van der Waals surface area contributed by atoms with E-state index < -0.39 is 42.5 Å². The van der Waals surface area contributed by atoms with Gasteiger partial charge in [0.25, 0.3) is 5.92 Å². The van der Waals surface area contributed by atoms with E-state index in [4.69, 9.17) is 10.5 Å². The van der Waals surface area contributed by atoms with Crippen molar-refractivity contribution in [2.24, 2.45) is 5.73 Å². The maximum absolute atomic E-state index is 14.9. The van der Waals surface area contributed by atoms with Crippen molar-refractivity contribution in [1.29, 1.82) is 0 Å². The summed E-state index contributed by atoms with van der Waals surface area (Å²) in [6.07, 6.45) is 0.764. The normalized spacial score (nSPS) is 30.1. The predicted octanol–water partition coefficient (Wildman–Crippen LogP) is 3.66. The van der Waals surface area contributed by atoms with Gasteiger partial charge in [-0.15, -0.1) is 0 Å². The van der Waals surface area contributed by atoms with Gasteiger partial charge >= 0.3 is 6.01 Å². The Morgan fingerprint density at radius 1 is 1.22 bits per heavy atom. The Bertz CT molecular complexity index is 1040. The lowest BCUT2D eigenvalue weighted by Crippen LogP contribution is -2.53. The molecule has 5 rings (SSSR count). The summed E-state index contributed by atoms with van der Waals surface area (Å²) in [6, 6.07) is 2.21. The topological polar surface area (TPSA) is 67.5 Å². The number of anilines is 1. The second-order valence-corrected chi connectivity index (χ2v) is 10.0. The summed E-state index contributed by atoms with van der Waals surface area (Å²) >= 11 is 3.15. The van der Waals surface area contributed by atoms with Crippen LogP contribution in [0, 0.1) is 5.82 Å². The number of ether oxygens (including phenoxy) is 1. The number of alkyl halides is 3. The summed E-state index contributed by atoms with van der Waals surface area (Å²) in [4.78, 5) is 12.1. The van der Waals surface area contributed by atoms with Crippen LogP contribution in [-0.4, -0.2) is 71.3 Å². The molecule has 2 aromatic rings. The zero-order valence-corrected chi connectivity index (χ0v) is 18.9. The van der Waals surface area contributed by atoms with Crippen molar-refractivity contribution in [2.75, 3.05) is 37.7 Å². The fourth-order valence-corrected chi connectivity index (χ4v) is 5.68. The largest absolute Gasteiger partial charge is 0.461 e. The molecule has 0 radical (unpaired) electrons. The van der Waals surface area contributed by atoms with Crippen molar-refractivity contribution < 1.29 is 22.3 Å². The van der Waals surface area contributed by atoms with Crippen molar-refractivity contribution in [2.45, 2.75) is 49.4 Å². The molecule has 2 N–H and O–H groups in total. The third-order valence-corrected chi connectivity index (χ3v) is 7.30. The molecule has 0 amide bonds. The number of rotatable bonds is 4. The van der Waals surface area contributed by atoms with Crippen LogP contribution in [0.15, 0.2) is 16.6 Å². The minimum atomic E-state index is -2.99. The molecule has 4 heterocycles. The molecule has 32 heavy (non-hydrogen) atoms. The summed E-state index contributed by atoms with van der Waals surface area (Å²) in [5.74, 6) is -3.47. The number of benzene rings is 1. The van der Waals surface area contributed by atoms with Crippen molar-refractivity contribution in [3.63, 3.8) is 0 Å². The first-order valence-corrected chi connectivity index (χ1v) is 11.5. The van der Waals surface area contributed by atoms with E-state index in [1.165, 1.54) is 11.0 Å². The second kappa shape index (κ2) is 7.95. The molecular formula is C21H24BrF4N5O. The Morgan fingerprint density at radius 3 is 2.81 bits per heavy atom. The van der Waals surface area contributed by atoms with Crippen molar-refractivity contribution in [3.05, 3.63) is 22.4 Å². The highest BCUT2D eigenvalue weighted by atomic mass is 79.9. The Balaban J connectivity index is 1.52. The standard InChI is InChI=1S/C21H24BrF4N5O/c22-15-3-2-14-17(16(15)24)28-19(29-18(14)30-9-13(27)7-21(25,26)10-30)32-11-20-4-1-5-31(20)8-12(23)6-20/h2-3,12-13H,1,4-11,27H2/t12-,13-,20+/m1/s1. The highest BCUT2D eigenvalue weighted by Gasteiger charge is 2.49. The van der Waals surface area contributed by atoms with Gasteiger partial charge in [0, 0.05) is 37.4 Å². The van der Waals surface area contributed by atoms with Crippen LogP contribution in [0.1, 0.15) is 25.7 Å². The summed E-state index contributed by atoms with van der Waals surface area (Å²) in [5, 5.41) is 0.299. The van der Waals surface area contributed by atoms with Crippen LogP contribution in [0.25, 0.3) is 10.9 Å². The Labute approximate surface area is 191 Å². The van der Waals surface area contributed by atoms with Gasteiger partial charge in [0.2, 0.25) is 0 Å². The molecule has 6 nitrogen and oxygen atoms in total. The summed E-state index contributed by atoms with van der Waals surface area (Å²) < 4.78 is 63.6. The number of piperidine rings is 1. The molecule has 3 aliphatic rings.